The van der Waals surface area contributed by atoms with E-state index in [1.807, 2.05) is 21.1 Å². The van der Waals surface area contributed by atoms with Gasteiger partial charge in [0, 0.05) is 12.8 Å². The van der Waals surface area contributed by atoms with Crippen molar-refractivity contribution in [1.29, 1.82) is 0 Å². The van der Waals surface area contributed by atoms with Crippen LogP contribution < -0.4 is 0 Å². The van der Waals surface area contributed by atoms with Crippen LogP contribution in [-0.4, -0.2) is 87.4 Å². The standard InChI is InChI=1S/C56H91NO8/c1-6-8-10-12-14-16-18-20-22-24-25-26-27-28-29-31-33-35-37-39-41-43-45-47-54(59)65-52(51-64-56(55(60)61)62-49-48-57(3,4)5)50-63-53(58)46-44-42-40-38-36-34-32-30-23-21-19-17-15-13-11-9-7-2/h8-11,14-17,20-23,25-26,28-29,33,35,52,56H,6-7,12-13,18-19,24,27,30-32,34,36-51H2,1-5H3/p+1/b10-8-,11-9-,16-14-,17-15-,22-20-,23-21-,26-25-,29-28-,35-33-. The van der Waals surface area contributed by atoms with Crippen LogP contribution in [0.2, 0.25) is 0 Å². The van der Waals surface area contributed by atoms with Gasteiger partial charge in [-0.1, -0.05) is 168 Å². The lowest BCUT2D eigenvalue weighted by atomic mass is 10.1. The molecule has 2 unspecified atom stereocenters. The van der Waals surface area contributed by atoms with Crippen molar-refractivity contribution in [3.63, 3.8) is 0 Å². The first-order valence-electron chi connectivity index (χ1n) is 25.1. The van der Waals surface area contributed by atoms with Gasteiger partial charge in [-0.25, -0.2) is 4.79 Å². The summed E-state index contributed by atoms with van der Waals surface area (Å²) >= 11 is 0. The Bertz CT molecular complexity index is 1430. The van der Waals surface area contributed by atoms with Crippen LogP contribution in [0.1, 0.15) is 168 Å². The number of hydrogen-bond acceptors (Lipinski definition) is 7. The summed E-state index contributed by atoms with van der Waals surface area (Å²) in [5.41, 5.74) is 0. The Balaban J connectivity index is 4.46. The molecule has 0 bridgehead atoms. The molecule has 0 aromatic rings. The lowest BCUT2D eigenvalue weighted by Crippen LogP contribution is -2.40. The van der Waals surface area contributed by atoms with E-state index in [0.29, 0.717) is 17.4 Å². The van der Waals surface area contributed by atoms with Gasteiger partial charge in [0.25, 0.3) is 6.29 Å². The molecule has 0 heterocycles. The predicted molar refractivity (Wildman–Crippen MR) is 271 cm³/mol. The number of esters is 2. The third-order valence-electron chi connectivity index (χ3n) is 10.0. The van der Waals surface area contributed by atoms with Crippen LogP contribution in [-0.2, 0) is 33.3 Å². The molecule has 0 aliphatic carbocycles. The van der Waals surface area contributed by atoms with E-state index >= 15 is 0 Å². The molecule has 368 valence electrons. The number of rotatable bonds is 44. The molecule has 65 heavy (non-hydrogen) atoms. The van der Waals surface area contributed by atoms with Crippen LogP contribution in [0.4, 0.5) is 0 Å². The summed E-state index contributed by atoms with van der Waals surface area (Å²) in [7, 11) is 5.94. The Hall–Kier alpha value is -4.05. The molecule has 0 saturated heterocycles. The third kappa shape index (κ3) is 47.7. The minimum atomic E-state index is -1.53. The van der Waals surface area contributed by atoms with Gasteiger partial charge >= 0.3 is 17.9 Å². The molecule has 0 aromatic carbocycles. The van der Waals surface area contributed by atoms with E-state index < -0.39 is 24.3 Å². The van der Waals surface area contributed by atoms with Gasteiger partial charge in [-0.3, -0.25) is 9.59 Å². The van der Waals surface area contributed by atoms with Gasteiger partial charge in [0.2, 0.25) is 0 Å². The van der Waals surface area contributed by atoms with E-state index in [2.05, 4.69) is 123 Å². The van der Waals surface area contributed by atoms with E-state index in [1.165, 1.54) is 19.3 Å². The average molecular weight is 907 g/mol. The zero-order chi connectivity index (χ0) is 47.7. The van der Waals surface area contributed by atoms with E-state index in [9.17, 15) is 19.5 Å². The summed E-state index contributed by atoms with van der Waals surface area (Å²) in [5.74, 6) is -2.07. The number of unbranched alkanes of at least 4 members (excludes halogenated alkanes) is 11. The number of carboxylic acids is 1. The van der Waals surface area contributed by atoms with Crippen LogP contribution in [0.5, 0.6) is 0 Å². The maximum absolute atomic E-state index is 12.8. The second-order valence-electron chi connectivity index (χ2n) is 17.4. The van der Waals surface area contributed by atoms with Crippen molar-refractivity contribution < 1.29 is 42.9 Å². The number of carbonyl (C=O) groups excluding carboxylic acids is 2. The number of likely N-dealkylation sites (N-methyl/N-ethyl adjacent to an activating group) is 1. The molecule has 0 rings (SSSR count). The fourth-order valence-electron chi connectivity index (χ4n) is 6.20. The van der Waals surface area contributed by atoms with Crippen LogP contribution in [0.3, 0.4) is 0 Å². The maximum atomic E-state index is 12.8. The first kappa shape index (κ1) is 60.9. The number of carbonyl (C=O) groups is 3. The van der Waals surface area contributed by atoms with Crippen molar-refractivity contribution >= 4 is 17.9 Å². The summed E-state index contributed by atoms with van der Waals surface area (Å²) in [6.07, 6.45) is 60.0. The van der Waals surface area contributed by atoms with Gasteiger partial charge in [0.1, 0.15) is 13.2 Å². The number of hydrogen-bond donors (Lipinski definition) is 1. The Morgan fingerprint density at radius 1 is 0.462 bits per heavy atom. The van der Waals surface area contributed by atoms with Gasteiger partial charge in [0.05, 0.1) is 34.4 Å². The maximum Gasteiger partial charge on any atom is 0.361 e. The van der Waals surface area contributed by atoms with Crippen molar-refractivity contribution in [2.75, 3.05) is 47.5 Å². The molecule has 0 aliphatic rings. The van der Waals surface area contributed by atoms with Crippen molar-refractivity contribution in [2.45, 2.75) is 180 Å². The minimum absolute atomic E-state index is 0.174. The van der Waals surface area contributed by atoms with E-state index in [0.717, 1.165) is 116 Å². The molecule has 2 atom stereocenters. The molecule has 0 spiro atoms. The highest BCUT2D eigenvalue weighted by atomic mass is 16.7. The Kier molecular flexibility index (Phi) is 43.6. The third-order valence-corrected chi connectivity index (χ3v) is 10.0. The van der Waals surface area contributed by atoms with E-state index in [1.54, 1.807) is 0 Å². The monoisotopic (exact) mass is 907 g/mol. The first-order chi connectivity index (χ1) is 31.6. The number of carboxylic acid groups (broad SMARTS) is 1. The Morgan fingerprint density at radius 2 is 0.831 bits per heavy atom. The van der Waals surface area contributed by atoms with Gasteiger partial charge in [-0.2, -0.15) is 0 Å². The van der Waals surface area contributed by atoms with Gasteiger partial charge < -0.3 is 28.5 Å². The van der Waals surface area contributed by atoms with E-state index in [4.69, 9.17) is 18.9 Å². The summed E-state index contributed by atoms with van der Waals surface area (Å²) in [6, 6.07) is 0. The lowest BCUT2D eigenvalue weighted by Gasteiger charge is -2.25. The minimum Gasteiger partial charge on any atom is -0.477 e. The van der Waals surface area contributed by atoms with Crippen LogP contribution in [0, 0.1) is 0 Å². The van der Waals surface area contributed by atoms with Crippen LogP contribution in [0.25, 0.3) is 0 Å². The average Bonchev–Trinajstić information content (AvgIpc) is 3.27. The largest absolute Gasteiger partial charge is 0.477 e. The highest BCUT2D eigenvalue weighted by Crippen LogP contribution is 2.13. The van der Waals surface area contributed by atoms with Crippen LogP contribution >= 0.6 is 0 Å². The van der Waals surface area contributed by atoms with Crippen molar-refractivity contribution in [3.05, 3.63) is 109 Å². The number of allylic oxidation sites excluding steroid dienone is 18. The van der Waals surface area contributed by atoms with Gasteiger partial charge in [0.15, 0.2) is 6.10 Å². The zero-order valence-electron chi connectivity index (χ0n) is 41.6. The number of ether oxygens (including phenoxy) is 4. The number of nitrogens with zero attached hydrogens (tertiary/aromatic N) is 1. The van der Waals surface area contributed by atoms with Crippen LogP contribution in [0.15, 0.2) is 109 Å². The predicted octanol–water partition coefficient (Wildman–Crippen LogP) is 14.0. The fourth-order valence-corrected chi connectivity index (χ4v) is 6.20. The SMILES string of the molecule is CC/C=C\C/C=C\C/C=C\C/C=C\C/C=C\C/C=C\CCCCCCC(=O)OC(COC(=O)CCCCCCCCC/C=C\C/C=C\C/C=C\CC)COC(OCC[N+](C)(C)C)C(=O)O. The topological polar surface area (TPSA) is 108 Å². The second-order valence-corrected chi connectivity index (χ2v) is 17.4. The molecule has 0 radical (unpaired) electrons. The number of quaternary nitrogens is 1. The summed E-state index contributed by atoms with van der Waals surface area (Å²) in [6.45, 7) is 4.58. The summed E-state index contributed by atoms with van der Waals surface area (Å²) in [5, 5.41) is 9.67. The highest BCUT2D eigenvalue weighted by Gasteiger charge is 2.25. The summed E-state index contributed by atoms with van der Waals surface area (Å²) < 4.78 is 22.8. The molecule has 0 aromatic heterocycles. The lowest BCUT2D eigenvalue weighted by molar-refractivity contribution is -0.870. The zero-order valence-corrected chi connectivity index (χ0v) is 41.6. The van der Waals surface area contributed by atoms with Gasteiger partial charge in [-0.15, -0.1) is 0 Å². The number of aliphatic carboxylic acids is 1. The molecular weight excluding hydrogens is 815 g/mol. The van der Waals surface area contributed by atoms with Crippen molar-refractivity contribution in [3.8, 4) is 0 Å². The van der Waals surface area contributed by atoms with Crippen molar-refractivity contribution in [2.24, 2.45) is 0 Å². The smallest absolute Gasteiger partial charge is 0.361 e. The molecule has 1 N–H and O–H groups in total. The highest BCUT2D eigenvalue weighted by molar-refractivity contribution is 5.71. The first-order valence-corrected chi connectivity index (χ1v) is 25.1. The molecule has 0 amide bonds. The molecule has 9 nitrogen and oxygen atoms in total. The normalized spacial score (nSPS) is 13.8. The molecule has 0 fully saturated rings. The molecule has 0 saturated carbocycles. The molecular formula is C56H92NO8+. The Labute approximate surface area is 396 Å². The fraction of sp³-hybridized carbons (Fsp3) is 0.625. The molecule has 9 heteroatoms. The second kappa shape index (κ2) is 46.5. The summed E-state index contributed by atoms with van der Waals surface area (Å²) in [4.78, 5) is 37.3. The quantitative estimate of drug-likeness (QED) is 0.0212. The molecule has 0 aliphatic heterocycles. The van der Waals surface area contributed by atoms with Crippen molar-refractivity contribution in [1.82, 2.24) is 0 Å². The van der Waals surface area contributed by atoms with Gasteiger partial charge in [-0.05, 0) is 96.3 Å². The van der Waals surface area contributed by atoms with E-state index in [-0.39, 0.29) is 38.6 Å². The Morgan fingerprint density at radius 3 is 1.23 bits per heavy atom.